The Balaban J connectivity index is 0.00000128. The summed E-state index contributed by atoms with van der Waals surface area (Å²) in [6.07, 6.45) is 2.35. The number of phenols is 2. The van der Waals surface area contributed by atoms with E-state index in [0.717, 1.165) is 22.3 Å². The first-order chi connectivity index (χ1) is 9.61. The van der Waals surface area contributed by atoms with Crippen molar-refractivity contribution in [3.63, 3.8) is 0 Å². The average molecular weight is 286 g/mol. The van der Waals surface area contributed by atoms with Gasteiger partial charge in [0.1, 0.15) is 11.5 Å². The van der Waals surface area contributed by atoms with Gasteiger partial charge in [0.2, 0.25) is 0 Å². The zero-order valence-corrected chi connectivity index (χ0v) is 12.4. The van der Waals surface area contributed by atoms with E-state index in [2.05, 4.69) is 6.58 Å². The molecule has 2 aromatic rings. The van der Waals surface area contributed by atoms with Gasteiger partial charge in [-0.15, -0.1) is 6.58 Å². The number of rotatable bonds is 3. The van der Waals surface area contributed by atoms with Gasteiger partial charge in [0.05, 0.1) is 0 Å². The largest absolute Gasteiger partial charge is 0.508 e. The maximum absolute atomic E-state index is 9.90. The van der Waals surface area contributed by atoms with E-state index in [1.54, 1.807) is 24.3 Å². The summed E-state index contributed by atoms with van der Waals surface area (Å²) in [7, 11) is 0. The number of benzene rings is 2. The second-order valence-corrected chi connectivity index (χ2v) is 4.36. The molecular formula is C19H26O2. The molecule has 0 unspecified atom stereocenters. The van der Waals surface area contributed by atoms with Crippen LogP contribution in [0, 0.1) is 6.92 Å². The molecule has 0 radical (unpaired) electrons. The zero-order valence-electron chi connectivity index (χ0n) is 12.4. The lowest BCUT2D eigenvalue weighted by atomic mass is 9.99. The van der Waals surface area contributed by atoms with Gasteiger partial charge in [-0.2, -0.15) is 0 Å². The van der Waals surface area contributed by atoms with Crippen LogP contribution in [0.4, 0.5) is 0 Å². The molecule has 2 nitrogen and oxygen atoms in total. The van der Waals surface area contributed by atoms with Crippen LogP contribution in [0.5, 0.6) is 11.5 Å². The van der Waals surface area contributed by atoms with E-state index in [9.17, 15) is 10.2 Å². The maximum Gasteiger partial charge on any atom is 0.123 e. The highest BCUT2D eigenvalue weighted by Gasteiger charge is 2.07. The van der Waals surface area contributed by atoms with Crippen molar-refractivity contribution in [2.45, 2.75) is 34.6 Å². The van der Waals surface area contributed by atoms with Crippen LogP contribution >= 0.6 is 0 Å². The SMILES string of the molecule is C.C=CCc1cc(-c2cc(C)ccc2O)ccc1O.CC. The molecule has 0 bridgehead atoms. The van der Waals surface area contributed by atoms with E-state index in [4.69, 9.17) is 0 Å². The molecule has 0 amide bonds. The molecule has 2 heteroatoms. The van der Waals surface area contributed by atoms with E-state index in [-0.39, 0.29) is 18.9 Å². The van der Waals surface area contributed by atoms with E-state index in [0.29, 0.717) is 6.42 Å². The van der Waals surface area contributed by atoms with Gasteiger partial charge in [-0.3, -0.25) is 0 Å². The third kappa shape index (κ3) is 4.67. The van der Waals surface area contributed by atoms with Gasteiger partial charge in [0.25, 0.3) is 0 Å². The lowest BCUT2D eigenvalue weighted by molar-refractivity contribution is 0.469. The molecule has 0 atom stereocenters. The molecule has 114 valence electrons. The first kappa shape index (κ1) is 18.8. The van der Waals surface area contributed by atoms with Crippen LogP contribution in [-0.4, -0.2) is 10.2 Å². The smallest absolute Gasteiger partial charge is 0.123 e. The van der Waals surface area contributed by atoms with Gasteiger partial charge in [-0.05, 0) is 48.7 Å². The number of aromatic hydroxyl groups is 2. The van der Waals surface area contributed by atoms with Crippen molar-refractivity contribution in [3.8, 4) is 22.6 Å². The molecule has 0 aliphatic heterocycles. The summed E-state index contributed by atoms with van der Waals surface area (Å²) < 4.78 is 0. The topological polar surface area (TPSA) is 40.5 Å². The zero-order chi connectivity index (χ0) is 15.1. The average Bonchev–Trinajstić information content (AvgIpc) is 2.46. The van der Waals surface area contributed by atoms with Crippen molar-refractivity contribution in [3.05, 3.63) is 60.2 Å². The van der Waals surface area contributed by atoms with Crippen molar-refractivity contribution in [1.29, 1.82) is 0 Å². The molecule has 2 aromatic carbocycles. The van der Waals surface area contributed by atoms with Gasteiger partial charge in [-0.1, -0.05) is 45.0 Å². The van der Waals surface area contributed by atoms with Gasteiger partial charge < -0.3 is 10.2 Å². The summed E-state index contributed by atoms with van der Waals surface area (Å²) >= 11 is 0. The minimum absolute atomic E-state index is 0. The Morgan fingerprint density at radius 2 is 1.62 bits per heavy atom. The molecule has 0 aromatic heterocycles. The Labute approximate surface area is 128 Å². The third-order valence-electron chi connectivity index (χ3n) is 2.91. The Hall–Kier alpha value is -2.22. The lowest BCUT2D eigenvalue weighted by Crippen LogP contribution is -1.86. The highest BCUT2D eigenvalue weighted by atomic mass is 16.3. The summed E-state index contributed by atoms with van der Waals surface area (Å²) in [5, 5.41) is 19.6. The summed E-state index contributed by atoms with van der Waals surface area (Å²) in [5.74, 6) is 0.502. The molecular weight excluding hydrogens is 260 g/mol. The van der Waals surface area contributed by atoms with Crippen molar-refractivity contribution in [2.75, 3.05) is 0 Å². The molecule has 2 N–H and O–H groups in total. The second kappa shape index (κ2) is 8.85. The van der Waals surface area contributed by atoms with Crippen LogP contribution in [0.3, 0.4) is 0 Å². The fourth-order valence-corrected chi connectivity index (χ4v) is 1.95. The quantitative estimate of drug-likeness (QED) is 0.735. The summed E-state index contributed by atoms with van der Waals surface area (Å²) in [6, 6.07) is 10.8. The number of hydrogen-bond acceptors (Lipinski definition) is 2. The maximum atomic E-state index is 9.90. The molecule has 21 heavy (non-hydrogen) atoms. The summed E-state index contributed by atoms with van der Waals surface area (Å²) in [5.41, 5.74) is 3.57. The minimum atomic E-state index is 0. The Kier molecular flexibility index (Phi) is 7.92. The standard InChI is InChI=1S/C16H16O2.C2H6.CH4/c1-3-4-13-10-12(6-8-15(13)17)14-9-11(2)5-7-16(14)18;1-2;/h3,5-10,17-18H,1,4H2,2H3;1-2H3;1H4. The van der Waals surface area contributed by atoms with Crippen LogP contribution in [0.2, 0.25) is 0 Å². The first-order valence-corrected chi connectivity index (χ1v) is 6.84. The molecule has 0 saturated carbocycles. The van der Waals surface area contributed by atoms with Gasteiger partial charge >= 0.3 is 0 Å². The highest BCUT2D eigenvalue weighted by Crippen LogP contribution is 2.32. The molecule has 0 aliphatic carbocycles. The molecule has 0 fully saturated rings. The number of aryl methyl sites for hydroxylation is 1. The second-order valence-electron chi connectivity index (χ2n) is 4.36. The molecule has 2 rings (SSSR count). The molecule has 0 saturated heterocycles. The van der Waals surface area contributed by atoms with E-state index in [1.807, 2.05) is 39.0 Å². The Morgan fingerprint density at radius 1 is 1.00 bits per heavy atom. The van der Waals surface area contributed by atoms with E-state index >= 15 is 0 Å². The molecule has 0 heterocycles. The van der Waals surface area contributed by atoms with Gasteiger partial charge in [-0.25, -0.2) is 0 Å². The normalized spacial score (nSPS) is 9.10. The minimum Gasteiger partial charge on any atom is -0.508 e. The van der Waals surface area contributed by atoms with Gasteiger partial charge in [0.15, 0.2) is 0 Å². The van der Waals surface area contributed by atoms with Crippen LogP contribution in [0.15, 0.2) is 49.1 Å². The monoisotopic (exact) mass is 286 g/mol. The predicted octanol–water partition coefficient (Wildman–Crippen LogP) is 5.46. The number of phenolic OH excluding ortho intramolecular Hbond substituents is 2. The lowest BCUT2D eigenvalue weighted by Gasteiger charge is -2.09. The van der Waals surface area contributed by atoms with E-state index < -0.39 is 0 Å². The highest BCUT2D eigenvalue weighted by molar-refractivity contribution is 5.72. The van der Waals surface area contributed by atoms with Crippen LogP contribution in [0.1, 0.15) is 32.4 Å². The number of hydrogen-bond donors (Lipinski definition) is 2. The van der Waals surface area contributed by atoms with Crippen molar-refractivity contribution in [2.24, 2.45) is 0 Å². The third-order valence-corrected chi connectivity index (χ3v) is 2.91. The van der Waals surface area contributed by atoms with Crippen LogP contribution < -0.4 is 0 Å². The van der Waals surface area contributed by atoms with Crippen LogP contribution in [0.25, 0.3) is 11.1 Å². The van der Waals surface area contributed by atoms with Crippen molar-refractivity contribution in [1.82, 2.24) is 0 Å². The molecule has 0 aliphatic rings. The Morgan fingerprint density at radius 3 is 2.24 bits per heavy atom. The first-order valence-electron chi connectivity index (χ1n) is 6.84. The van der Waals surface area contributed by atoms with E-state index in [1.165, 1.54) is 0 Å². The Bertz CT molecular complexity index is 586. The van der Waals surface area contributed by atoms with Crippen LogP contribution in [-0.2, 0) is 6.42 Å². The van der Waals surface area contributed by atoms with Crippen molar-refractivity contribution < 1.29 is 10.2 Å². The summed E-state index contributed by atoms with van der Waals surface area (Å²) in [4.78, 5) is 0. The fraction of sp³-hybridized carbons (Fsp3) is 0.263. The van der Waals surface area contributed by atoms with Gasteiger partial charge in [0, 0.05) is 5.56 Å². The summed E-state index contributed by atoms with van der Waals surface area (Å²) in [6.45, 7) is 9.65. The number of allylic oxidation sites excluding steroid dienone is 1. The fourth-order valence-electron chi connectivity index (χ4n) is 1.95. The van der Waals surface area contributed by atoms with Crippen molar-refractivity contribution >= 4 is 0 Å². The predicted molar refractivity (Wildman–Crippen MR) is 91.9 cm³/mol. The molecule has 0 spiro atoms.